The van der Waals surface area contributed by atoms with Gasteiger partial charge >= 0.3 is 5.97 Å². The van der Waals surface area contributed by atoms with Gasteiger partial charge in [0.25, 0.3) is 0 Å². The number of carbonyl (C=O) groups is 1. The molecule has 0 saturated heterocycles. The van der Waals surface area contributed by atoms with Crippen molar-refractivity contribution in [2.24, 2.45) is 0 Å². The van der Waals surface area contributed by atoms with E-state index in [0.29, 0.717) is 16.2 Å². The SMILES string of the molecule is CCn1cc(OCc2ccsc2C(=O)O)cn1. The first kappa shape index (κ1) is 11.7. The van der Waals surface area contributed by atoms with Gasteiger partial charge in [0.15, 0.2) is 5.75 Å². The van der Waals surface area contributed by atoms with Crippen molar-refractivity contribution in [3.05, 3.63) is 34.3 Å². The van der Waals surface area contributed by atoms with Crippen molar-refractivity contribution in [3.8, 4) is 5.75 Å². The van der Waals surface area contributed by atoms with E-state index in [1.54, 1.807) is 28.5 Å². The van der Waals surface area contributed by atoms with Gasteiger partial charge in [0, 0.05) is 12.1 Å². The van der Waals surface area contributed by atoms with E-state index in [1.165, 1.54) is 11.3 Å². The highest BCUT2D eigenvalue weighted by molar-refractivity contribution is 7.12. The third kappa shape index (κ3) is 2.65. The van der Waals surface area contributed by atoms with Crippen LogP contribution in [0.2, 0.25) is 0 Å². The summed E-state index contributed by atoms with van der Waals surface area (Å²) in [4.78, 5) is 11.2. The minimum atomic E-state index is -0.914. The molecular weight excluding hydrogens is 240 g/mol. The normalized spacial score (nSPS) is 10.4. The van der Waals surface area contributed by atoms with Gasteiger partial charge in [0.1, 0.15) is 11.5 Å². The number of nitrogens with zero attached hydrogens (tertiary/aromatic N) is 2. The molecule has 0 bridgehead atoms. The van der Waals surface area contributed by atoms with E-state index in [-0.39, 0.29) is 6.61 Å². The molecule has 0 amide bonds. The van der Waals surface area contributed by atoms with Gasteiger partial charge in [-0.15, -0.1) is 11.3 Å². The third-order valence-corrected chi connectivity index (χ3v) is 3.21. The molecule has 0 aliphatic carbocycles. The predicted molar refractivity (Wildman–Crippen MR) is 63.5 cm³/mol. The Labute approximate surface area is 102 Å². The van der Waals surface area contributed by atoms with E-state index in [9.17, 15) is 4.79 Å². The smallest absolute Gasteiger partial charge is 0.346 e. The Balaban J connectivity index is 2.02. The number of carboxylic acid groups (broad SMARTS) is 1. The summed E-state index contributed by atoms with van der Waals surface area (Å²) in [7, 11) is 0. The van der Waals surface area contributed by atoms with Crippen LogP contribution in [-0.4, -0.2) is 20.9 Å². The molecule has 0 aromatic carbocycles. The van der Waals surface area contributed by atoms with Crippen molar-refractivity contribution in [1.29, 1.82) is 0 Å². The van der Waals surface area contributed by atoms with Crippen molar-refractivity contribution < 1.29 is 14.6 Å². The molecule has 0 atom stereocenters. The van der Waals surface area contributed by atoms with E-state index in [0.717, 1.165) is 6.54 Å². The van der Waals surface area contributed by atoms with Gasteiger partial charge in [-0.2, -0.15) is 5.10 Å². The Morgan fingerprint density at radius 2 is 2.47 bits per heavy atom. The number of rotatable bonds is 5. The van der Waals surface area contributed by atoms with Crippen molar-refractivity contribution in [2.45, 2.75) is 20.1 Å². The lowest BCUT2D eigenvalue weighted by molar-refractivity contribution is 0.0699. The minimum Gasteiger partial charge on any atom is -0.486 e. The molecule has 0 spiro atoms. The van der Waals surface area contributed by atoms with Crippen LogP contribution in [0.15, 0.2) is 23.8 Å². The third-order valence-electron chi connectivity index (χ3n) is 2.27. The maximum Gasteiger partial charge on any atom is 0.346 e. The van der Waals surface area contributed by atoms with Gasteiger partial charge in [-0.3, -0.25) is 4.68 Å². The number of hydrogen-bond donors (Lipinski definition) is 1. The maximum absolute atomic E-state index is 10.9. The second-order valence-electron chi connectivity index (χ2n) is 3.40. The first-order valence-electron chi connectivity index (χ1n) is 5.15. The molecule has 0 radical (unpaired) electrons. The largest absolute Gasteiger partial charge is 0.486 e. The highest BCUT2D eigenvalue weighted by Gasteiger charge is 2.12. The van der Waals surface area contributed by atoms with Gasteiger partial charge in [0.05, 0.1) is 12.4 Å². The van der Waals surface area contributed by atoms with Crippen LogP contribution in [0.3, 0.4) is 0 Å². The molecule has 2 aromatic heterocycles. The second kappa shape index (κ2) is 5.01. The van der Waals surface area contributed by atoms with Gasteiger partial charge in [-0.25, -0.2) is 4.79 Å². The standard InChI is InChI=1S/C11H12N2O3S/c1-2-13-6-9(5-12-13)16-7-8-3-4-17-10(8)11(14)15/h3-6H,2,7H2,1H3,(H,14,15). The van der Waals surface area contributed by atoms with Gasteiger partial charge in [-0.1, -0.05) is 0 Å². The first-order chi connectivity index (χ1) is 8.20. The summed E-state index contributed by atoms with van der Waals surface area (Å²) in [5, 5.41) is 14.8. The monoisotopic (exact) mass is 252 g/mol. The number of ether oxygens (including phenoxy) is 1. The fourth-order valence-corrected chi connectivity index (χ4v) is 2.14. The van der Waals surface area contributed by atoms with Crippen LogP contribution in [0.25, 0.3) is 0 Å². The number of aromatic carboxylic acids is 1. The summed E-state index contributed by atoms with van der Waals surface area (Å²) in [6.45, 7) is 3.01. The number of aromatic nitrogens is 2. The number of carboxylic acids is 1. The zero-order chi connectivity index (χ0) is 12.3. The quantitative estimate of drug-likeness (QED) is 0.886. The van der Waals surface area contributed by atoms with Crippen molar-refractivity contribution in [3.63, 3.8) is 0 Å². The lowest BCUT2D eigenvalue weighted by atomic mass is 10.3. The van der Waals surface area contributed by atoms with Gasteiger partial charge < -0.3 is 9.84 Å². The molecular formula is C11H12N2O3S. The second-order valence-corrected chi connectivity index (χ2v) is 4.32. The molecule has 0 fully saturated rings. The lowest BCUT2D eigenvalue weighted by Gasteiger charge is -2.02. The summed E-state index contributed by atoms with van der Waals surface area (Å²) in [6, 6.07) is 1.76. The first-order valence-corrected chi connectivity index (χ1v) is 6.03. The van der Waals surface area contributed by atoms with Gasteiger partial charge in [0.2, 0.25) is 0 Å². The fourth-order valence-electron chi connectivity index (χ4n) is 1.39. The van der Waals surface area contributed by atoms with Crippen LogP contribution < -0.4 is 4.74 Å². The number of hydrogen-bond acceptors (Lipinski definition) is 4. The molecule has 6 heteroatoms. The zero-order valence-electron chi connectivity index (χ0n) is 9.29. The molecule has 90 valence electrons. The van der Waals surface area contributed by atoms with E-state index in [4.69, 9.17) is 9.84 Å². The lowest BCUT2D eigenvalue weighted by Crippen LogP contribution is -2.01. The maximum atomic E-state index is 10.9. The molecule has 2 rings (SSSR count). The Kier molecular flexibility index (Phi) is 3.43. The van der Waals surface area contributed by atoms with Crippen LogP contribution in [0.4, 0.5) is 0 Å². The molecule has 0 aliphatic rings. The Bertz CT molecular complexity index is 518. The fraction of sp³-hybridized carbons (Fsp3) is 0.273. The van der Waals surface area contributed by atoms with Crippen molar-refractivity contribution in [2.75, 3.05) is 0 Å². The van der Waals surface area contributed by atoms with E-state index < -0.39 is 5.97 Å². The van der Waals surface area contributed by atoms with Gasteiger partial charge in [-0.05, 0) is 18.4 Å². The Morgan fingerprint density at radius 3 is 3.12 bits per heavy atom. The molecule has 0 saturated carbocycles. The van der Waals surface area contributed by atoms with Crippen LogP contribution in [0, 0.1) is 0 Å². The molecule has 2 aromatic rings. The number of thiophene rings is 1. The van der Waals surface area contributed by atoms with E-state index in [1.807, 2.05) is 6.92 Å². The molecule has 5 nitrogen and oxygen atoms in total. The van der Waals surface area contributed by atoms with Crippen LogP contribution in [0.1, 0.15) is 22.2 Å². The topological polar surface area (TPSA) is 64.3 Å². The Morgan fingerprint density at radius 1 is 1.65 bits per heavy atom. The molecule has 17 heavy (non-hydrogen) atoms. The van der Waals surface area contributed by atoms with Crippen LogP contribution in [0.5, 0.6) is 5.75 Å². The van der Waals surface area contributed by atoms with Crippen LogP contribution >= 0.6 is 11.3 Å². The zero-order valence-corrected chi connectivity index (χ0v) is 10.1. The van der Waals surface area contributed by atoms with Crippen molar-refractivity contribution >= 4 is 17.3 Å². The molecule has 0 aliphatic heterocycles. The summed E-state index contributed by atoms with van der Waals surface area (Å²) >= 11 is 1.20. The average Bonchev–Trinajstić information content (AvgIpc) is 2.95. The summed E-state index contributed by atoms with van der Waals surface area (Å²) in [5.41, 5.74) is 0.687. The highest BCUT2D eigenvalue weighted by atomic mass is 32.1. The predicted octanol–water partition coefficient (Wildman–Crippen LogP) is 2.24. The molecule has 0 unspecified atom stereocenters. The minimum absolute atomic E-state index is 0.251. The molecule has 1 N–H and O–H groups in total. The molecule has 2 heterocycles. The highest BCUT2D eigenvalue weighted by Crippen LogP contribution is 2.19. The summed E-state index contributed by atoms with van der Waals surface area (Å²) in [5.74, 6) is -0.266. The van der Waals surface area contributed by atoms with E-state index >= 15 is 0 Å². The van der Waals surface area contributed by atoms with E-state index in [2.05, 4.69) is 5.10 Å². The summed E-state index contributed by atoms with van der Waals surface area (Å²) < 4.78 is 7.23. The Hall–Kier alpha value is -1.82. The summed E-state index contributed by atoms with van der Waals surface area (Å²) in [6.07, 6.45) is 3.41. The number of aryl methyl sites for hydroxylation is 1. The average molecular weight is 252 g/mol. The van der Waals surface area contributed by atoms with Crippen molar-refractivity contribution in [1.82, 2.24) is 9.78 Å². The van der Waals surface area contributed by atoms with Crippen LogP contribution in [-0.2, 0) is 13.2 Å².